The molecule has 1 unspecified atom stereocenters. The minimum atomic E-state index is -0.371. The highest BCUT2D eigenvalue weighted by atomic mass is 16.6. The number of hydrogen-bond donors (Lipinski definition) is 0. The van der Waals surface area contributed by atoms with Gasteiger partial charge in [-0.2, -0.15) is 5.26 Å². The summed E-state index contributed by atoms with van der Waals surface area (Å²) in [5, 5.41) is 18.0. The van der Waals surface area contributed by atoms with Gasteiger partial charge in [-0.3, -0.25) is 0 Å². The van der Waals surface area contributed by atoms with Gasteiger partial charge in [-0.1, -0.05) is 24.5 Å². The highest BCUT2D eigenvalue weighted by molar-refractivity contribution is 5.67. The number of aryl methyl sites for hydroxylation is 1. The average Bonchev–Trinajstić information content (AvgIpc) is 3.73. The fraction of sp³-hybridized carbons (Fsp3) is 0.625. The molecule has 1 amide bonds. The van der Waals surface area contributed by atoms with Crippen LogP contribution in [0.25, 0.3) is 11.4 Å². The van der Waals surface area contributed by atoms with Crippen molar-refractivity contribution in [1.82, 2.24) is 24.9 Å². The van der Waals surface area contributed by atoms with Crippen LogP contribution in [0, 0.1) is 22.7 Å². The van der Waals surface area contributed by atoms with Crippen LogP contribution >= 0.6 is 0 Å². The lowest BCUT2D eigenvalue weighted by Crippen LogP contribution is -2.29. The van der Waals surface area contributed by atoms with Gasteiger partial charge in [0.15, 0.2) is 11.4 Å². The second-order valence-electron chi connectivity index (χ2n) is 9.78. The third-order valence-corrected chi connectivity index (χ3v) is 7.26. The van der Waals surface area contributed by atoms with Crippen LogP contribution in [0.1, 0.15) is 62.8 Å². The standard InChI is InChI=1S/C24H30N6O3/c1-29(14-16-6-7-16)23(31)32-15-19-22(27-28-30(19)2)17-8-9-20(18(13-25)26-17)33-21-12-24(21)10-4-3-5-11-24/h8-9,16,21H,3-7,10-12,14-15H2,1-2H3. The number of rotatable bonds is 7. The molecule has 33 heavy (non-hydrogen) atoms. The zero-order valence-corrected chi connectivity index (χ0v) is 19.3. The lowest BCUT2D eigenvalue weighted by atomic mass is 9.86. The van der Waals surface area contributed by atoms with Gasteiger partial charge in [0.25, 0.3) is 0 Å². The topological polar surface area (TPSA) is 106 Å². The molecule has 3 aliphatic carbocycles. The number of pyridine rings is 1. The Labute approximate surface area is 193 Å². The SMILES string of the molecule is CN(CC1CC1)C(=O)OCc1c(-c2ccc(OC3CC34CCCCC4)c(C#N)n2)nnn1C. The van der Waals surface area contributed by atoms with Gasteiger partial charge in [-0.05, 0) is 50.2 Å². The molecule has 3 saturated carbocycles. The molecule has 174 valence electrons. The highest BCUT2D eigenvalue weighted by Gasteiger charge is 2.56. The fourth-order valence-corrected chi connectivity index (χ4v) is 4.91. The minimum Gasteiger partial charge on any atom is -0.487 e. The van der Waals surface area contributed by atoms with Crippen LogP contribution in [0.3, 0.4) is 0 Å². The largest absolute Gasteiger partial charge is 0.487 e. The zero-order chi connectivity index (χ0) is 23.0. The minimum absolute atomic E-state index is 0.0269. The molecule has 2 aromatic heterocycles. The predicted molar refractivity (Wildman–Crippen MR) is 119 cm³/mol. The molecule has 9 heteroatoms. The van der Waals surface area contributed by atoms with E-state index in [0.29, 0.717) is 40.7 Å². The molecule has 1 spiro atoms. The number of hydrogen-bond acceptors (Lipinski definition) is 7. The Morgan fingerprint density at radius 3 is 2.82 bits per heavy atom. The molecule has 5 rings (SSSR count). The van der Waals surface area contributed by atoms with Crippen LogP contribution in [-0.4, -0.2) is 50.7 Å². The normalized spacial score (nSPS) is 20.8. The Kier molecular flexibility index (Phi) is 5.69. The van der Waals surface area contributed by atoms with Crippen molar-refractivity contribution in [2.24, 2.45) is 18.4 Å². The van der Waals surface area contributed by atoms with Gasteiger partial charge in [0.05, 0.1) is 5.69 Å². The number of carbonyl (C=O) groups excluding carboxylic acids is 1. The van der Waals surface area contributed by atoms with E-state index in [1.165, 1.54) is 44.9 Å². The Balaban J connectivity index is 1.28. The maximum absolute atomic E-state index is 12.3. The van der Waals surface area contributed by atoms with Crippen molar-refractivity contribution >= 4 is 6.09 Å². The Morgan fingerprint density at radius 1 is 1.30 bits per heavy atom. The van der Waals surface area contributed by atoms with Crippen LogP contribution in [-0.2, 0) is 18.4 Å². The van der Waals surface area contributed by atoms with Gasteiger partial charge >= 0.3 is 6.09 Å². The first-order valence-electron chi connectivity index (χ1n) is 11.8. The van der Waals surface area contributed by atoms with Gasteiger partial charge < -0.3 is 14.4 Å². The number of aromatic nitrogens is 4. The molecule has 0 aromatic carbocycles. The summed E-state index contributed by atoms with van der Waals surface area (Å²) < 4.78 is 13.3. The summed E-state index contributed by atoms with van der Waals surface area (Å²) in [6.45, 7) is 0.741. The number of nitrogens with zero attached hydrogens (tertiary/aromatic N) is 6. The summed E-state index contributed by atoms with van der Waals surface area (Å²) in [5.41, 5.74) is 2.17. The maximum Gasteiger partial charge on any atom is 0.409 e. The van der Waals surface area contributed by atoms with Crippen molar-refractivity contribution < 1.29 is 14.3 Å². The van der Waals surface area contributed by atoms with Crippen molar-refractivity contribution in [1.29, 1.82) is 5.26 Å². The van der Waals surface area contributed by atoms with E-state index >= 15 is 0 Å². The van der Waals surface area contributed by atoms with E-state index in [2.05, 4.69) is 21.4 Å². The molecule has 0 aliphatic heterocycles. The van der Waals surface area contributed by atoms with E-state index in [9.17, 15) is 10.1 Å². The van der Waals surface area contributed by atoms with Crippen molar-refractivity contribution in [3.63, 3.8) is 0 Å². The summed E-state index contributed by atoms with van der Waals surface area (Å²) in [7, 11) is 3.49. The molecule has 3 aliphatic rings. The first-order chi connectivity index (χ1) is 16.0. The Morgan fingerprint density at radius 2 is 2.09 bits per heavy atom. The van der Waals surface area contributed by atoms with Crippen molar-refractivity contribution in [3.8, 4) is 23.2 Å². The smallest absolute Gasteiger partial charge is 0.409 e. The van der Waals surface area contributed by atoms with E-state index in [0.717, 1.165) is 6.42 Å². The number of nitriles is 1. The predicted octanol–water partition coefficient (Wildman–Crippen LogP) is 3.83. The molecule has 0 bridgehead atoms. The molecule has 0 saturated heterocycles. The van der Waals surface area contributed by atoms with Crippen LogP contribution in [0.5, 0.6) is 5.75 Å². The third-order valence-electron chi connectivity index (χ3n) is 7.26. The third kappa shape index (κ3) is 4.52. The highest BCUT2D eigenvalue weighted by Crippen LogP contribution is 2.58. The zero-order valence-electron chi connectivity index (χ0n) is 19.3. The quantitative estimate of drug-likeness (QED) is 0.631. The molecule has 3 fully saturated rings. The van der Waals surface area contributed by atoms with Crippen molar-refractivity contribution in [3.05, 3.63) is 23.5 Å². The monoisotopic (exact) mass is 450 g/mol. The van der Waals surface area contributed by atoms with Crippen molar-refractivity contribution in [2.45, 2.75) is 64.1 Å². The van der Waals surface area contributed by atoms with Crippen molar-refractivity contribution in [2.75, 3.05) is 13.6 Å². The Hall–Kier alpha value is -3.15. The summed E-state index contributed by atoms with van der Waals surface area (Å²) in [6, 6.07) is 5.75. The molecule has 2 aromatic rings. The number of carbonyl (C=O) groups is 1. The first-order valence-corrected chi connectivity index (χ1v) is 11.8. The number of amides is 1. The first kappa shape index (κ1) is 21.7. The molecule has 0 N–H and O–H groups in total. The second-order valence-corrected chi connectivity index (χ2v) is 9.78. The molecule has 1 atom stereocenters. The van der Waals surface area contributed by atoms with Crippen LogP contribution in [0.15, 0.2) is 12.1 Å². The summed E-state index contributed by atoms with van der Waals surface area (Å²) in [6.07, 6.45) is 9.46. The van der Waals surface area contributed by atoms with Crippen LogP contribution in [0.4, 0.5) is 4.79 Å². The molecule has 2 heterocycles. The average molecular weight is 451 g/mol. The summed E-state index contributed by atoms with van der Waals surface area (Å²) >= 11 is 0. The fourth-order valence-electron chi connectivity index (χ4n) is 4.91. The molecular formula is C24H30N6O3. The summed E-state index contributed by atoms with van der Waals surface area (Å²) in [5.74, 6) is 1.11. The van der Waals surface area contributed by atoms with Gasteiger partial charge in [-0.25, -0.2) is 14.5 Å². The maximum atomic E-state index is 12.3. The van der Waals surface area contributed by atoms with Gasteiger partial charge in [0.2, 0.25) is 0 Å². The summed E-state index contributed by atoms with van der Waals surface area (Å²) in [4.78, 5) is 18.4. The van der Waals surface area contributed by atoms with Crippen LogP contribution < -0.4 is 4.74 Å². The molecule has 9 nitrogen and oxygen atoms in total. The van der Waals surface area contributed by atoms with Gasteiger partial charge in [0, 0.05) is 26.1 Å². The van der Waals surface area contributed by atoms with E-state index in [1.807, 2.05) is 0 Å². The van der Waals surface area contributed by atoms with E-state index in [1.54, 1.807) is 35.8 Å². The Bertz CT molecular complexity index is 1080. The lowest BCUT2D eigenvalue weighted by Gasteiger charge is -2.22. The second kappa shape index (κ2) is 8.65. The van der Waals surface area contributed by atoms with Crippen LogP contribution in [0.2, 0.25) is 0 Å². The number of ether oxygens (including phenoxy) is 2. The van der Waals surface area contributed by atoms with Gasteiger partial charge in [-0.15, -0.1) is 5.10 Å². The van der Waals surface area contributed by atoms with E-state index in [4.69, 9.17) is 9.47 Å². The molecule has 0 radical (unpaired) electrons. The van der Waals surface area contributed by atoms with E-state index in [-0.39, 0.29) is 24.5 Å². The van der Waals surface area contributed by atoms with Gasteiger partial charge in [0.1, 0.15) is 30.2 Å². The molecular weight excluding hydrogens is 420 g/mol. The van der Waals surface area contributed by atoms with E-state index < -0.39 is 0 Å². The lowest BCUT2D eigenvalue weighted by molar-refractivity contribution is 0.101.